The van der Waals surface area contributed by atoms with Crippen molar-refractivity contribution < 1.29 is 19.1 Å². The van der Waals surface area contributed by atoms with Crippen molar-refractivity contribution in [3.05, 3.63) is 12.2 Å². The lowest BCUT2D eigenvalue weighted by molar-refractivity contribution is -0.156. The normalized spacial score (nSPS) is 18.4. The first kappa shape index (κ1) is 26.7. The Labute approximate surface area is 185 Å². The lowest BCUT2D eigenvalue weighted by Crippen LogP contribution is -2.24. The second kappa shape index (κ2) is 19.6. The summed E-state index contributed by atoms with van der Waals surface area (Å²) in [6.45, 7) is 3.13. The molecule has 0 amide bonds. The van der Waals surface area contributed by atoms with E-state index < -0.39 is 5.92 Å². The van der Waals surface area contributed by atoms with Crippen LogP contribution in [0.4, 0.5) is 0 Å². The zero-order valence-electron chi connectivity index (χ0n) is 19.5. The molecule has 1 saturated heterocycles. The molecule has 1 aliphatic heterocycles. The van der Waals surface area contributed by atoms with Crippen LogP contribution in [-0.4, -0.2) is 25.2 Å². The number of hydrogen-bond acceptors (Lipinski definition) is 4. The molecule has 0 N–H and O–H groups in total. The van der Waals surface area contributed by atoms with Gasteiger partial charge < -0.3 is 9.47 Å². The Morgan fingerprint density at radius 3 is 1.87 bits per heavy atom. The maximum absolute atomic E-state index is 12.1. The maximum Gasteiger partial charge on any atom is 0.309 e. The summed E-state index contributed by atoms with van der Waals surface area (Å²) < 4.78 is 10.4. The summed E-state index contributed by atoms with van der Waals surface area (Å²) in [6, 6.07) is 0. The smallest absolute Gasteiger partial charge is 0.309 e. The Kier molecular flexibility index (Phi) is 17.5. The predicted molar refractivity (Wildman–Crippen MR) is 123 cm³/mol. The van der Waals surface area contributed by atoms with Crippen LogP contribution >= 0.6 is 0 Å². The van der Waals surface area contributed by atoms with E-state index in [-0.39, 0.29) is 18.4 Å². The summed E-state index contributed by atoms with van der Waals surface area (Å²) in [7, 11) is 0. The Hall–Kier alpha value is -1.32. The number of hydrogen-bond donors (Lipinski definition) is 0. The summed E-state index contributed by atoms with van der Waals surface area (Å²) in [5, 5.41) is 0. The molecular formula is C26H46O4. The molecule has 4 nitrogen and oxygen atoms in total. The van der Waals surface area contributed by atoms with Gasteiger partial charge in [0.15, 0.2) is 0 Å². The fourth-order valence-corrected chi connectivity index (χ4v) is 3.86. The van der Waals surface area contributed by atoms with Crippen molar-refractivity contribution >= 4 is 11.9 Å². The lowest BCUT2D eigenvalue weighted by atomic mass is 10.0. The molecule has 0 aliphatic carbocycles. The van der Waals surface area contributed by atoms with Gasteiger partial charge in [-0.1, -0.05) is 96.1 Å². The summed E-state index contributed by atoms with van der Waals surface area (Å²) in [4.78, 5) is 23.9. The highest BCUT2D eigenvalue weighted by Gasteiger charge is 2.23. The Morgan fingerprint density at radius 2 is 1.27 bits per heavy atom. The summed E-state index contributed by atoms with van der Waals surface area (Å²) in [5.74, 6) is -0.957. The topological polar surface area (TPSA) is 52.6 Å². The van der Waals surface area contributed by atoms with E-state index in [0.29, 0.717) is 19.6 Å². The molecule has 0 spiro atoms. The highest BCUT2D eigenvalue weighted by Crippen LogP contribution is 2.16. The van der Waals surface area contributed by atoms with Crippen molar-refractivity contribution in [1.82, 2.24) is 0 Å². The van der Waals surface area contributed by atoms with Crippen molar-refractivity contribution in [3.63, 3.8) is 0 Å². The number of allylic oxidation sites excluding steroid dienone is 2. The first-order valence-corrected chi connectivity index (χ1v) is 12.7. The summed E-state index contributed by atoms with van der Waals surface area (Å²) in [6.07, 6.45) is 25.2. The van der Waals surface area contributed by atoms with Crippen molar-refractivity contribution in [2.75, 3.05) is 13.2 Å². The molecule has 1 fully saturated rings. The van der Waals surface area contributed by atoms with Crippen LogP contribution in [-0.2, 0) is 19.1 Å². The molecule has 0 bridgehead atoms. The molecule has 4 heteroatoms. The maximum atomic E-state index is 12.1. The van der Waals surface area contributed by atoms with Crippen LogP contribution in [0.15, 0.2) is 12.2 Å². The number of carbonyl (C=O) groups is 2. The fourth-order valence-electron chi connectivity index (χ4n) is 3.86. The van der Waals surface area contributed by atoms with Gasteiger partial charge in [0.2, 0.25) is 0 Å². The Bertz CT molecular complexity index is 458. The third kappa shape index (κ3) is 15.5. The van der Waals surface area contributed by atoms with E-state index in [1.807, 2.05) is 6.08 Å². The average Bonchev–Trinajstić information content (AvgIpc) is 2.74. The first-order chi connectivity index (χ1) is 14.7. The summed E-state index contributed by atoms with van der Waals surface area (Å²) >= 11 is 0. The van der Waals surface area contributed by atoms with Gasteiger partial charge in [-0.3, -0.25) is 9.59 Å². The van der Waals surface area contributed by atoms with Gasteiger partial charge in [-0.05, 0) is 32.1 Å². The number of carbonyl (C=O) groups excluding carboxylic acids is 2. The van der Waals surface area contributed by atoms with Crippen molar-refractivity contribution in [2.24, 2.45) is 5.92 Å². The van der Waals surface area contributed by atoms with Gasteiger partial charge in [0.05, 0.1) is 25.6 Å². The van der Waals surface area contributed by atoms with Crippen LogP contribution < -0.4 is 0 Å². The molecule has 1 unspecified atom stereocenters. The average molecular weight is 423 g/mol. The van der Waals surface area contributed by atoms with Crippen LogP contribution in [0.2, 0.25) is 0 Å². The van der Waals surface area contributed by atoms with Crippen molar-refractivity contribution in [2.45, 2.75) is 122 Å². The van der Waals surface area contributed by atoms with Gasteiger partial charge in [-0.2, -0.15) is 0 Å². The first-order valence-electron chi connectivity index (χ1n) is 12.7. The second-order valence-electron chi connectivity index (χ2n) is 8.73. The van der Waals surface area contributed by atoms with Crippen LogP contribution in [0.25, 0.3) is 0 Å². The van der Waals surface area contributed by atoms with E-state index in [0.717, 1.165) is 19.3 Å². The molecule has 1 aliphatic rings. The van der Waals surface area contributed by atoms with E-state index in [1.54, 1.807) is 0 Å². The number of ether oxygens (including phenoxy) is 2. The quantitative estimate of drug-likeness (QED) is 0.149. The second-order valence-corrected chi connectivity index (χ2v) is 8.73. The van der Waals surface area contributed by atoms with E-state index in [4.69, 9.17) is 9.47 Å². The van der Waals surface area contributed by atoms with Gasteiger partial charge >= 0.3 is 11.9 Å². The third-order valence-electron chi connectivity index (χ3n) is 5.85. The molecule has 30 heavy (non-hydrogen) atoms. The molecule has 0 radical (unpaired) electrons. The van der Waals surface area contributed by atoms with Gasteiger partial charge in [-0.15, -0.1) is 0 Å². The van der Waals surface area contributed by atoms with Gasteiger partial charge in [0, 0.05) is 0 Å². The van der Waals surface area contributed by atoms with Crippen LogP contribution in [0, 0.1) is 5.92 Å². The lowest BCUT2D eigenvalue weighted by Gasteiger charge is -2.16. The highest BCUT2D eigenvalue weighted by atomic mass is 16.5. The zero-order valence-corrected chi connectivity index (χ0v) is 19.5. The monoisotopic (exact) mass is 422 g/mol. The Morgan fingerprint density at radius 1 is 0.733 bits per heavy atom. The minimum Gasteiger partial charge on any atom is -0.466 e. The van der Waals surface area contributed by atoms with E-state index in [2.05, 4.69) is 13.0 Å². The van der Waals surface area contributed by atoms with Crippen molar-refractivity contribution in [1.29, 1.82) is 0 Å². The van der Waals surface area contributed by atoms with Gasteiger partial charge in [-0.25, -0.2) is 0 Å². The number of esters is 2. The molecule has 1 rings (SSSR count). The predicted octanol–water partition coefficient (Wildman–Crippen LogP) is 7.30. The van der Waals surface area contributed by atoms with E-state index in [9.17, 15) is 9.59 Å². The van der Waals surface area contributed by atoms with E-state index >= 15 is 0 Å². The molecule has 0 aromatic heterocycles. The largest absolute Gasteiger partial charge is 0.466 e. The summed E-state index contributed by atoms with van der Waals surface area (Å²) in [5.41, 5.74) is 0. The highest BCUT2D eigenvalue weighted by molar-refractivity contribution is 5.80. The standard InChI is InChI=1S/C26H46O4/c1-2-3-4-5-6-7-8-9-10-11-12-13-14-15-16-17-20-24-23-25(27)29-21-18-19-22-30-26(24)28/h16-17,24H,2-15,18-23H2,1H3. The molecular weight excluding hydrogens is 376 g/mol. The Balaban J connectivity index is 1.97. The minimum absolute atomic E-state index is 0.127. The molecule has 0 aromatic rings. The van der Waals surface area contributed by atoms with Crippen LogP contribution in [0.3, 0.4) is 0 Å². The van der Waals surface area contributed by atoms with Gasteiger partial charge in [0.25, 0.3) is 0 Å². The number of rotatable bonds is 16. The molecule has 1 atom stereocenters. The molecule has 174 valence electrons. The molecule has 0 saturated carbocycles. The van der Waals surface area contributed by atoms with Crippen LogP contribution in [0.1, 0.15) is 122 Å². The molecule has 1 heterocycles. The molecule has 0 aromatic carbocycles. The third-order valence-corrected chi connectivity index (χ3v) is 5.85. The van der Waals surface area contributed by atoms with Crippen molar-refractivity contribution in [3.8, 4) is 0 Å². The number of cyclic esters (lactones) is 2. The zero-order chi connectivity index (χ0) is 21.7. The van der Waals surface area contributed by atoms with Crippen LogP contribution in [0.5, 0.6) is 0 Å². The fraction of sp³-hybridized carbons (Fsp3) is 0.846. The number of unbranched alkanes of at least 4 members (excludes halogenated alkanes) is 13. The SMILES string of the molecule is CCCCCCCCCCCCCCCC=CCC1CC(=O)OCCCCOC1=O. The minimum atomic E-state index is -0.404. The van der Waals surface area contributed by atoms with E-state index in [1.165, 1.54) is 83.5 Å². The van der Waals surface area contributed by atoms with Gasteiger partial charge in [0.1, 0.15) is 0 Å².